The average molecular weight is 273 g/mol. The van der Waals surface area contributed by atoms with Gasteiger partial charge in [0.15, 0.2) is 0 Å². The molecule has 0 amide bonds. The highest BCUT2D eigenvalue weighted by Crippen LogP contribution is 2.20. The number of hydrazine groups is 1. The summed E-state index contributed by atoms with van der Waals surface area (Å²) in [7, 11) is 0. The summed E-state index contributed by atoms with van der Waals surface area (Å²) >= 11 is 0. The summed E-state index contributed by atoms with van der Waals surface area (Å²) in [4.78, 5) is 8.04. The van der Waals surface area contributed by atoms with Crippen molar-refractivity contribution in [2.75, 3.05) is 18.0 Å². The van der Waals surface area contributed by atoms with E-state index in [2.05, 4.69) is 21.1 Å². The average Bonchev–Trinajstić information content (AvgIpc) is 2.86. The van der Waals surface area contributed by atoms with Gasteiger partial charge >= 0.3 is 0 Å². The van der Waals surface area contributed by atoms with Crippen LogP contribution in [0.25, 0.3) is 0 Å². The summed E-state index contributed by atoms with van der Waals surface area (Å²) in [6, 6.07) is 7.73. The van der Waals surface area contributed by atoms with Gasteiger partial charge in [-0.3, -0.25) is 0 Å². The molecule has 1 aliphatic rings. The summed E-state index contributed by atoms with van der Waals surface area (Å²) < 4.78 is 0. The Labute approximate surface area is 119 Å². The van der Waals surface area contributed by atoms with Crippen LogP contribution in [0.2, 0.25) is 0 Å². The molecule has 2 heterocycles. The van der Waals surface area contributed by atoms with Gasteiger partial charge in [-0.1, -0.05) is 6.07 Å². The van der Waals surface area contributed by atoms with E-state index in [4.69, 9.17) is 11.1 Å². The molecular weight excluding hydrogens is 252 g/mol. The molecule has 0 unspecified atom stereocenters. The number of azo groups is 1. The van der Waals surface area contributed by atoms with Crippen molar-refractivity contribution in [3.05, 3.63) is 23.9 Å². The lowest BCUT2D eigenvalue weighted by Crippen LogP contribution is -2.36. The summed E-state index contributed by atoms with van der Waals surface area (Å²) in [5, 5.41) is 13.4. The van der Waals surface area contributed by atoms with Crippen molar-refractivity contribution >= 4 is 5.82 Å². The van der Waals surface area contributed by atoms with Crippen molar-refractivity contribution in [1.29, 1.82) is 5.26 Å². The van der Waals surface area contributed by atoms with Crippen LogP contribution in [-0.4, -0.2) is 34.5 Å². The largest absolute Gasteiger partial charge is 0.349 e. The molecule has 0 spiro atoms. The molecule has 0 radical (unpaired) electrons. The van der Waals surface area contributed by atoms with Crippen LogP contribution in [0.15, 0.2) is 23.3 Å². The monoisotopic (exact) mass is 273 g/mol. The zero-order valence-corrected chi connectivity index (χ0v) is 12.2. The van der Waals surface area contributed by atoms with Crippen molar-refractivity contribution in [3.8, 4) is 6.07 Å². The third-order valence-corrected chi connectivity index (χ3v) is 3.13. The molecule has 0 saturated carbocycles. The molecule has 1 aromatic rings. The third-order valence-electron chi connectivity index (χ3n) is 3.13. The molecule has 6 nitrogen and oxygen atoms in total. The molecule has 0 aliphatic carbocycles. The Balaban J connectivity index is 2.09. The fraction of sp³-hybridized carbons (Fsp3) is 0.571. The number of aromatic nitrogens is 1. The van der Waals surface area contributed by atoms with E-state index in [1.807, 2.05) is 32.9 Å². The van der Waals surface area contributed by atoms with Gasteiger partial charge in [-0.05, 0) is 42.8 Å². The highest BCUT2D eigenvalue weighted by atomic mass is 15.5. The van der Waals surface area contributed by atoms with Crippen molar-refractivity contribution in [2.24, 2.45) is 11.0 Å². The van der Waals surface area contributed by atoms with Crippen LogP contribution < -0.4 is 10.7 Å². The first-order chi connectivity index (χ1) is 9.39. The minimum Gasteiger partial charge on any atom is -0.349 e. The van der Waals surface area contributed by atoms with Gasteiger partial charge in [0.1, 0.15) is 23.1 Å². The molecule has 1 atom stereocenters. The van der Waals surface area contributed by atoms with Gasteiger partial charge < -0.3 is 4.90 Å². The quantitative estimate of drug-likeness (QED) is 0.384. The van der Waals surface area contributed by atoms with E-state index in [1.54, 1.807) is 10.9 Å². The second kappa shape index (κ2) is 5.45. The topological polar surface area (TPSA) is 81.3 Å². The Morgan fingerprint density at radius 3 is 2.90 bits per heavy atom. The molecule has 2 rings (SSSR count). The van der Waals surface area contributed by atoms with Crippen molar-refractivity contribution in [2.45, 2.75) is 38.8 Å². The molecule has 20 heavy (non-hydrogen) atoms. The molecule has 1 aliphatic heterocycles. The van der Waals surface area contributed by atoms with E-state index in [0.717, 1.165) is 25.3 Å². The summed E-state index contributed by atoms with van der Waals surface area (Å²) in [6.45, 7) is 7.73. The van der Waals surface area contributed by atoms with Crippen molar-refractivity contribution in [3.63, 3.8) is 0 Å². The van der Waals surface area contributed by atoms with Gasteiger partial charge in [0.2, 0.25) is 6.04 Å². The molecule has 0 bridgehead atoms. The molecule has 106 valence electrons. The number of rotatable bonds is 2. The van der Waals surface area contributed by atoms with Crippen LogP contribution in [0, 0.1) is 11.3 Å². The maximum Gasteiger partial charge on any atom is 0.227 e. The summed E-state index contributed by atoms with van der Waals surface area (Å²) in [5.74, 6) is 6.86. The van der Waals surface area contributed by atoms with Crippen molar-refractivity contribution < 1.29 is 4.81 Å². The number of anilines is 1. The minimum atomic E-state index is -0.179. The highest BCUT2D eigenvalue weighted by molar-refractivity contribution is 5.42. The maximum atomic E-state index is 8.90. The molecule has 6 heteroatoms. The zero-order valence-electron chi connectivity index (χ0n) is 12.2. The SMILES string of the molecule is CC(C)(C)N=[N+](N)[C@@H]1CCN(c2cccc(C#N)n2)C1. The highest BCUT2D eigenvalue weighted by Gasteiger charge is 2.33. The van der Waals surface area contributed by atoms with Crippen LogP contribution in [0.1, 0.15) is 32.9 Å². The molecule has 2 N–H and O–H groups in total. The lowest BCUT2D eigenvalue weighted by Gasteiger charge is -2.15. The maximum absolute atomic E-state index is 8.90. The van der Waals surface area contributed by atoms with Gasteiger partial charge in [0, 0.05) is 13.0 Å². The predicted octanol–water partition coefficient (Wildman–Crippen LogP) is 1.67. The Hall–Kier alpha value is -2.16. The van der Waals surface area contributed by atoms with Crippen LogP contribution in [0.5, 0.6) is 0 Å². The summed E-state index contributed by atoms with van der Waals surface area (Å²) in [5.41, 5.74) is 0.260. The van der Waals surface area contributed by atoms with Gasteiger partial charge in [-0.2, -0.15) is 11.1 Å². The third kappa shape index (κ3) is 3.44. The molecular formula is C14H21N6+. The lowest BCUT2D eigenvalue weighted by atomic mass is 10.1. The number of hydrogen-bond donors (Lipinski definition) is 1. The first-order valence-corrected chi connectivity index (χ1v) is 6.78. The standard InChI is InChI=1S/C14H21N6/c1-14(2,3)18-20(16)12-7-8-19(10-12)13-6-4-5-11(9-15)17-13/h4-6,12H,7-8,10H2,1-3H3,(H2,16,18)/q+1/t12-/m1/s1. The first kappa shape index (κ1) is 14.3. The predicted molar refractivity (Wildman–Crippen MR) is 76.2 cm³/mol. The minimum absolute atomic E-state index is 0.179. The Morgan fingerprint density at radius 2 is 2.25 bits per heavy atom. The normalized spacial score (nSPS) is 20.0. The first-order valence-electron chi connectivity index (χ1n) is 6.78. The molecule has 1 saturated heterocycles. The molecule has 1 aromatic heterocycles. The van der Waals surface area contributed by atoms with E-state index >= 15 is 0 Å². The Bertz CT molecular complexity index is 552. The Kier molecular flexibility index (Phi) is 3.89. The summed E-state index contributed by atoms with van der Waals surface area (Å²) in [6.07, 6.45) is 0.939. The van der Waals surface area contributed by atoms with Crippen LogP contribution in [0.3, 0.4) is 0 Å². The van der Waals surface area contributed by atoms with Crippen molar-refractivity contribution in [1.82, 2.24) is 4.98 Å². The molecule has 1 fully saturated rings. The van der Waals surface area contributed by atoms with Crippen LogP contribution in [-0.2, 0) is 0 Å². The zero-order chi connectivity index (χ0) is 14.8. The van der Waals surface area contributed by atoms with Gasteiger partial charge in [-0.15, -0.1) is 0 Å². The number of nitriles is 1. The number of nitrogens with zero attached hydrogens (tertiary/aromatic N) is 5. The second-order valence-corrected chi connectivity index (χ2v) is 6.03. The van der Waals surface area contributed by atoms with Crippen LogP contribution in [0.4, 0.5) is 5.82 Å². The van der Waals surface area contributed by atoms with E-state index in [0.29, 0.717) is 5.69 Å². The fourth-order valence-corrected chi connectivity index (χ4v) is 2.26. The Morgan fingerprint density at radius 1 is 1.50 bits per heavy atom. The van der Waals surface area contributed by atoms with E-state index in [-0.39, 0.29) is 11.6 Å². The van der Waals surface area contributed by atoms with E-state index in [9.17, 15) is 0 Å². The van der Waals surface area contributed by atoms with E-state index in [1.165, 1.54) is 0 Å². The van der Waals surface area contributed by atoms with E-state index < -0.39 is 0 Å². The number of hydrogen-bond acceptors (Lipinski definition) is 4. The fourth-order valence-electron chi connectivity index (χ4n) is 2.26. The molecule has 0 aromatic carbocycles. The number of pyridine rings is 1. The van der Waals surface area contributed by atoms with Gasteiger partial charge in [0.25, 0.3) is 0 Å². The van der Waals surface area contributed by atoms with Gasteiger partial charge in [0.05, 0.1) is 6.54 Å². The van der Waals surface area contributed by atoms with Crippen LogP contribution >= 0.6 is 0 Å². The van der Waals surface area contributed by atoms with Gasteiger partial charge in [-0.25, -0.2) is 4.98 Å². The smallest absolute Gasteiger partial charge is 0.227 e. The second-order valence-electron chi connectivity index (χ2n) is 6.03. The lowest BCUT2D eigenvalue weighted by molar-refractivity contribution is -0.640. The number of nitrogens with two attached hydrogens (primary N) is 1.